The first-order valence-electron chi connectivity index (χ1n) is 10.1. The van der Waals surface area contributed by atoms with E-state index in [2.05, 4.69) is 0 Å². The predicted octanol–water partition coefficient (Wildman–Crippen LogP) is 5.37. The Labute approximate surface area is 181 Å². The zero-order chi connectivity index (χ0) is 22.6. The molecule has 5 nitrogen and oxygen atoms in total. The molecule has 7 heteroatoms. The van der Waals surface area contributed by atoms with Gasteiger partial charge in [0.1, 0.15) is 17.3 Å². The number of sulfone groups is 1. The number of esters is 1. The molecule has 0 atom stereocenters. The summed E-state index contributed by atoms with van der Waals surface area (Å²) in [6.45, 7) is 5.53. The van der Waals surface area contributed by atoms with Crippen LogP contribution in [0.25, 0.3) is 10.8 Å². The van der Waals surface area contributed by atoms with Crippen LogP contribution in [0.1, 0.15) is 31.4 Å². The third-order valence-electron chi connectivity index (χ3n) is 5.10. The summed E-state index contributed by atoms with van der Waals surface area (Å²) in [7, 11) is -3.31. The molecule has 0 N–H and O–H groups in total. The van der Waals surface area contributed by atoms with E-state index in [1.165, 1.54) is 24.3 Å². The third-order valence-corrected chi connectivity index (χ3v) is 6.85. The Morgan fingerprint density at radius 3 is 2.39 bits per heavy atom. The fraction of sp³-hybridized carbons (Fsp3) is 0.292. The number of aryl methyl sites for hydroxylation is 1. The van der Waals surface area contributed by atoms with Gasteiger partial charge in [0.05, 0.1) is 17.3 Å². The standard InChI is InChI=1S/C24H25FO5S/c1-4-29-23(26)13-7-17-14-18-6-8-19(25)15-22(18)24(16(17)3)30-20-9-11-21(12-10-20)31(27,28)5-2/h6,8-12,14-15H,4-5,7,13H2,1-3H3. The lowest BCUT2D eigenvalue weighted by molar-refractivity contribution is -0.143. The number of halogens is 1. The quantitative estimate of drug-likeness (QED) is 0.437. The van der Waals surface area contributed by atoms with E-state index >= 15 is 0 Å². The molecule has 0 radical (unpaired) electrons. The van der Waals surface area contributed by atoms with E-state index in [0.29, 0.717) is 29.9 Å². The van der Waals surface area contributed by atoms with Crippen LogP contribution in [0.15, 0.2) is 53.4 Å². The van der Waals surface area contributed by atoms with Gasteiger partial charge in [-0.15, -0.1) is 0 Å². The summed E-state index contributed by atoms with van der Waals surface area (Å²) in [5.74, 6) is 0.253. The molecule has 3 aromatic rings. The monoisotopic (exact) mass is 444 g/mol. The number of carbonyl (C=O) groups is 1. The van der Waals surface area contributed by atoms with E-state index in [1.54, 1.807) is 32.0 Å². The molecule has 0 saturated carbocycles. The number of carbonyl (C=O) groups excluding carboxylic acids is 1. The van der Waals surface area contributed by atoms with Crippen LogP contribution in [0.2, 0.25) is 0 Å². The van der Waals surface area contributed by atoms with Crippen LogP contribution in [0.5, 0.6) is 11.5 Å². The number of hydrogen-bond acceptors (Lipinski definition) is 5. The molecular weight excluding hydrogens is 419 g/mol. The number of fused-ring (bicyclic) bond motifs is 1. The topological polar surface area (TPSA) is 69.7 Å². The van der Waals surface area contributed by atoms with Crippen LogP contribution in [0.3, 0.4) is 0 Å². The summed E-state index contributed by atoms with van der Waals surface area (Å²) in [6, 6.07) is 12.5. The SMILES string of the molecule is CCOC(=O)CCc1cc2ccc(F)cc2c(Oc2ccc(S(=O)(=O)CC)cc2)c1C. The van der Waals surface area contributed by atoms with Gasteiger partial charge in [-0.05, 0) is 73.2 Å². The second-order valence-corrected chi connectivity index (χ2v) is 9.42. The summed E-state index contributed by atoms with van der Waals surface area (Å²) >= 11 is 0. The minimum atomic E-state index is -3.31. The average molecular weight is 445 g/mol. The predicted molar refractivity (Wildman–Crippen MR) is 118 cm³/mol. The highest BCUT2D eigenvalue weighted by molar-refractivity contribution is 7.91. The van der Waals surface area contributed by atoms with Gasteiger partial charge in [-0.1, -0.05) is 19.1 Å². The Hall–Kier alpha value is -2.93. The van der Waals surface area contributed by atoms with Crippen LogP contribution in [-0.2, 0) is 25.8 Å². The van der Waals surface area contributed by atoms with E-state index in [9.17, 15) is 17.6 Å². The number of hydrogen-bond donors (Lipinski definition) is 0. The van der Waals surface area contributed by atoms with Gasteiger partial charge < -0.3 is 9.47 Å². The molecule has 0 amide bonds. The summed E-state index contributed by atoms with van der Waals surface area (Å²) in [5.41, 5.74) is 1.68. The van der Waals surface area contributed by atoms with Crippen LogP contribution in [0.4, 0.5) is 4.39 Å². The molecule has 0 unspecified atom stereocenters. The van der Waals surface area contributed by atoms with Crippen LogP contribution in [-0.4, -0.2) is 26.7 Å². The van der Waals surface area contributed by atoms with Crippen molar-refractivity contribution in [1.82, 2.24) is 0 Å². The van der Waals surface area contributed by atoms with Crippen molar-refractivity contribution in [3.8, 4) is 11.5 Å². The molecule has 31 heavy (non-hydrogen) atoms. The Morgan fingerprint density at radius 2 is 1.74 bits per heavy atom. The maximum absolute atomic E-state index is 14.0. The lowest BCUT2D eigenvalue weighted by atomic mass is 9.97. The highest BCUT2D eigenvalue weighted by atomic mass is 32.2. The lowest BCUT2D eigenvalue weighted by Crippen LogP contribution is -2.06. The van der Waals surface area contributed by atoms with E-state index in [-0.39, 0.29) is 28.9 Å². The fourth-order valence-corrected chi connectivity index (χ4v) is 4.24. The Kier molecular flexibility index (Phi) is 6.95. The first-order valence-corrected chi connectivity index (χ1v) is 11.8. The van der Waals surface area contributed by atoms with Crippen molar-refractivity contribution in [3.05, 3.63) is 65.5 Å². The van der Waals surface area contributed by atoms with Gasteiger partial charge in [0.15, 0.2) is 9.84 Å². The van der Waals surface area contributed by atoms with Gasteiger partial charge in [0.25, 0.3) is 0 Å². The summed E-state index contributed by atoms with van der Waals surface area (Å²) in [6.07, 6.45) is 0.687. The molecule has 0 aliphatic carbocycles. The Balaban J connectivity index is 2.00. The molecular formula is C24H25FO5S. The van der Waals surface area contributed by atoms with Gasteiger partial charge in [-0.25, -0.2) is 12.8 Å². The first-order chi connectivity index (χ1) is 14.7. The van der Waals surface area contributed by atoms with Crippen molar-refractivity contribution in [2.24, 2.45) is 0 Å². The van der Waals surface area contributed by atoms with Gasteiger partial charge >= 0.3 is 5.97 Å². The first kappa shape index (κ1) is 22.7. The molecule has 164 valence electrons. The van der Waals surface area contributed by atoms with Crippen LogP contribution >= 0.6 is 0 Å². The van der Waals surface area contributed by atoms with E-state index < -0.39 is 9.84 Å². The zero-order valence-corrected chi connectivity index (χ0v) is 18.6. The molecule has 0 aromatic heterocycles. The van der Waals surface area contributed by atoms with Crippen molar-refractivity contribution >= 4 is 26.6 Å². The molecule has 0 spiro atoms. The number of rotatable bonds is 8. The smallest absolute Gasteiger partial charge is 0.306 e. The maximum Gasteiger partial charge on any atom is 0.306 e. The Bertz CT molecular complexity index is 1200. The van der Waals surface area contributed by atoms with Crippen molar-refractivity contribution in [3.63, 3.8) is 0 Å². The minimum Gasteiger partial charge on any atom is -0.466 e. The summed E-state index contributed by atoms with van der Waals surface area (Å²) in [4.78, 5) is 12.0. The molecule has 3 aromatic carbocycles. The van der Waals surface area contributed by atoms with Crippen molar-refractivity contribution in [2.75, 3.05) is 12.4 Å². The summed E-state index contributed by atoms with van der Waals surface area (Å²) in [5, 5.41) is 1.38. The molecule has 0 saturated heterocycles. The fourth-order valence-electron chi connectivity index (χ4n) is 3.36. The lowest BCUT2D eigenvalue weighted by Gasteiger charge is -2.16. The maximum atomic E-state index is 14.0. The van der Waals surface area contributed by atoms with E-state index in [1.807, 2.05) is 13.0 Å². The molecule has 0 aliphatic rings. The third kappa shape index (κ3) is 5.22. The summed E-state index contributed by atoms with van der Waals surface area (Å²) < 4.78 is 49.1. The number of ether oxygens (including phenoxy) is 2. The molecule has 0 fully saturated rings. The van der Waals surface area contributed by atoms with Crippen molar-refractivity contribution in [1.29, 1.82) is 0 Å². The van der Waals surface area contributed by atoms with Crippen LogP contribution in [0, 0.1) is 12.7 Å². The molecule has 3 rings (SSSR count). The minimum absolute atomic E-state index is 0.0126. The molecule has 0 bridgehead atoms. The van der Waals surface area contributed by atoms with Gasteiger partial charge in [0.2, 0.25) is 0 Å². The van der Waals surface area contributed by atoms with Gasteiger partial charge in [-0.3, -0.25) is 4.79 Å². The van der Waals surface area contributed by atoms with Gasteiger partial charge in [-0.2, -0.15) is 0 Å². The zero-order valence-electron chi connectivity index (χ0n) is 17.8. The van der Waals surface area contributed by atoms with Crippen molar-refractivity contribution < 1.29 is 27.1 Å². The van der Waals surface area contributed by atoms with E-state index in [4.69, 9.17) is 9.47 Å². The largest absolute Gasteiger partial charge is 0.466 e. The highest BCUT2D eigenvalue weighted by Gasteiger charge is 2.16. The number of benzene rings is 3. The van der Waals surface area contributed by atoms with Crippen LogP contribution < -0.4 is 4.74 Å². The second kappa shape index (κ2) is 9.47. The second-order valence-electron chi connectivity index (χ2n) is 7.14. The molecule has 0 heterocycles. The van der Waals surface area contributed by atoms with Gasteiger partial charge in [0, 0.05) is 11.8 Å². The molecule has 0 aliphatic heterocycles. The Morgan fingerprint density at radius 1 is 1.03 bits per heavy atom. The highest BCUT2D eigenvalue weighted by Crippen LogP contribution is 2.37. The normalized spacial score (nSPS) is 11.5. The average Bonchev–Trinajstić information content (AvgIpc) is 2.75. The van der Waals surface area contributed by atoms with E-state index in [0.717, 1.165) is 16.5 Å². The van der Waals surface area contributed by atoms with Crippen molar-refractivity contribution in [2.45, 2.75) is 38.5 Å².